The number of carbonyl (C=O) groups excluding carboxylic acids is 2. The summed E-state index contributed by atoms with van der Waals surface area (Å²) in [4.78, 5) is 29.5. The fraction of sp³-hybridized carbons (Fsp3) is 0.290. The molecule has 3 aliphatic heterocycles. The molecule has 0 bridgehead atoms. The second-order valence-electron chi connectivity index (χ2n) is 20.1. The van der Waals surface area contributed by atoms with E-state index < -0.39 is 89.8 Å². The largest absolute Gasteiger partial charge is 0.573 e. The average molecular weight is 1320 g/mol. The molecule has 3 heterocycles. The topological polar surface area (TPSA) is 177 Å². The first-order valence-corrected chi connectivity index (χ1v) is 31.5. The van der Waals surface area contributed by atoms with Gasteiger partial charge in [0.1, 0.15) is 39.5 Å². The molecule has 5 unspecified atom stereocenters. The van der Waals surface area contributed by atoms with Crippen LogP contribution >= 0.6 is 0 Å². The second kappa shape index (κ2) is 29.1. The van der Waals surface area contributed by atoms with Crippen LogP contribution in [0.25, 0.3) is 0 Å². The molecule has 2 amide bonds. The number of sulfone groups is 1. The van der Waals surface area contributed by atoms with Crippen molar-refractivity contribution in [3.63, 3.8) is 0 Å². The number of hydrogen-bond donors (Lipinski definition) is 0. The molecule has 3 saturated heterocycles. The normalized spacial score (nSPS) is 19.1. The van der Waals surface area contributed by atoms with E-state index in [9.17, 15) is 65.9 Å². The lowest BCUT2D eigenvalue weighted by molar-refractivity contribution is -0.275. The number of hydrogen-bond acceptors (Lipinski definition) is 14. The monoisotopic (exact) mass is 1320 g/mol. The molecule has 16 nitrogen and oxygen atoms in total. The Hall–Kier alpha value is -8.34. The maximum atomic E-state index is 12.8. The van der Waals surface area contributed by atoms with Crippen LogP contribution in [0.3, 0.4) is 0 Å². The zero-order chi connectivity index (χ0) is 65.1. The van der Waals surface area contributed by atoms with Gasteiger partial charge in [-0.2, -0.15) is 0 Å². The van der Waals surface area contributed by atoms with E-state index in [1.54, 1.807) is 42.5 Å². The number of benzene rings is 7. The van der Waals surface area contributed by atoms with Crippen LogP contribution in [0.15, 0.2) is 170 Å². The number of methoxy groups -OCH3 is 4. The minimum Gasteiger partial charge on any atom is -0.493 e. The van der Waals surface area contributed by atoms with Crippen LogP contribution < -0.4 is 33.2 Å². The number of amides is 2. The standard InChI is InChI=1S/C24H22F3NO2S.C19H18F3NO6S.C19H18F3NO5S/c25-24(26,27)30-21-13-7-12-20(16-21)23-28(14-15-31(23)29)17-22(18-8-3-1-4-9-18)19-10-5-2-6-11-19;1-27-15-8-4-6-13(17(15)28-2)10-23-16(24)11-30(25,26)18(23)12-5-3-7-14(9-12)29-19(20,21)22;1-26-15-8-4-6-13(17(15)27-2)10-23-16(24)11-29(25)18(23)12-5-3-7-14(9-12)28-19(20,21)22/h1-13,16,22-23H,14-15,17H2;3-9,18H,10-11H2,1-2H3;3-9,18H,10-11H2,1-2H3. The first kappa shape index (κ1) is 67.6. The molecule has 28 heteroatoms. The van der Waals surface area contributed by atoms with Gasteiger partial charge in [-0.25, -0.2) is 8.42 Å². The van der Waals surface area contributed by atoms with Crippen molar-refractivity contribution in [2.75, 3.05) is 58.8 Å². The Morgan fingerprint density at radius 2 is 0.922 bits per heavy atom. The first-order chi connectivity index (χ1) is 42.7. The van der Waals surface area contributed by atoms with Gasteiger partial charge in [0.25, 0.3) is 0 Å². The minimum atomic E-state index is -4.93. The molecular weight excluding hydrogens is 1260 g/mol. The number of rotatable bonds is 18. The van der Waals surface area contributed by atoms with Gasteiger partial charge < -0.3 is 43.0 Å². The quantitative estimate of drug-likeness (QED) is 0.0741. The van der Waals surface area contributed by atoms with E-state index in [4.69, 9.17) is 18.9 Å². The van der Waals surface area contributed by atoms with Crippen molar-refractivity contribution in [2.45, 2.75) is 54.2 Å². The van der Waals surface area contributed by atoms with Gasteiger partial charge in [-0.3, -0.25) is 22.9 Å². The lowest BCUT2D eigenvalue weighted by Gasteiger charge is -2.29. The Bertz CT molecular complexity index is 3750. The van der Waals surface area contributed by atoms with Gasteiger partial charge in [-0.05, 0) is 76.3 Å². The third-order valence-corrected chi connectivity index (χ3v) is 19.2. The van der Waals surface area contributed by atoms with Crippen molar-refractivity contribution in [3.05, 3.63) is 209 Å². The predicted octanol–water partition coefficient (Wildman–Crippen LogP) is 11.9. The molecule has 7 aromatic rings. The fourth-order valence-corrected chi connectivity index (χ4v) is 15.5. The highest BCUT2D eigenvalue weighted by Crippen LogP contribution is 2.42. The van der Waals surface area contributed by atoms with Crippen molar-refractivity contribution < 1.29 is 99.1 Å². The molecule has 0 aliphatic carbocycles. The van der Waals surface area contributed by atoms with E-state index in [-0.39, 0.29) is 47.5 Å². The molecule has 0 N–H and O–H groups in total. The van der Waals surface area contributed by atoms with Gasteiger partial charge in [-0.15, -0.1) is 39.5 Å². The predicted molar refractivity (Wildman–Crippen MR) is 314 cm³/mol. The Kier molecular flexibility index (Phi) is 21.8. The van der Waals surface area contributed by atoms with Gasteiger partial charge in [0.2, 0.25) is 11.8 Å². The van der Waals surface area contributed by atoms with E-state index >= 15 is 0 Å². The molecule has 0 spiro atoms. The van der Waals surface area contributed by atoms with Crippen LogP contribution in [0.4, 0.5) is 39.5 Å². The van der Waals surface area contributed by atoms with Gasteiger partial charge in [0.15, 0.2) is 38.2 Å². The molecule has 10 rings (SSSR count). The third kappa shape index (κ3) is 17.3. The smallest absolute Gasteiger partial charge is 0.493 e. The summed E-state index contributed by atoms with van der Waals surface area (Å²) in [6, 6.07) is 45.8. The lowest BCUT2D eigenvalue weighted by Crippen LogP contribution is -2.30. The zero-order valence-electron chi connectivity index (χ0n) is 48.2. The van der Waals surface area contributed by atoms with E-state index in [0.29, 0.717) is 58.5 Å². The second-order valence-corrected chi connectivity index (χ2v) is 25.2. The zero-order valence-corrected chi connectivity index (χ0v) is 50.6. The molecule has 3 aliphatic rings. The molecule has 480 valence electrons. The highest BCUT2D eigenvalue weighted by molar-refractivity contribution is 7.92. The Morgan fingerprint density at radius 1 is 0.500 bits per heavy atom. The number of alkyl halides is 9. The molecule has 5 atom stereocenters. The summed E-state index contributed by atoms with van der Waals surface area (Å²) in [6.45, 7) is 1.13. The Balaban J connectivity index is 0.000000174. The van der Waals surface area contributed by atoms with Crippen LogP contribution in [0.5, 0.6) is 40.2 Å². The summed E-state index contributed by atoms with van der Waals surface area (Å²) in [5.74, 6) is -1.20. The highest BCUT2D eigenvalue weighted by Gasteiger charge is 2.46. The van der Waals surface area contributed by atoms with Crippen LogP contribution in [0, 0.1) is 0 Å². The van der Waals surface area contributed by atoms with Crippen LogP contribution in [0.1, 0.15) is 61.0 Å². The van der Waals surface area contributed by atoms with E-state index in [1.165, 1.54) is 75.8 Å². The summed E-state index contributed by atoms with van der Waals surface area (Å²) in [5.41, 5.74) is 4.22. The maximum absolute atomic E-state index is 12.8. The summed E-state index contributed by atoms with van der Waals surface area (Å²) in [6.07, 6.45) is -14.5. The number of halogens is 9. The van der Waals surface area contributed by atoms with Gasteiger partial charge in [-0.1, -0.05) is 121 Å². The maximum Gasteiger partial charge on any atom is 0.573 e. The van der Waals surface area contributed by atoms with Crippen molar-refractivity contribution in [1.82, 2.24) is 14.7 Å². The molecule has 3 fully saturated rings. The van der Waals surface area contributed by atoms with Gasteiger partial charge >= 0.3 is 19.1 Å². The average Bonchev–Trinajstić information content (AvgIpc) is 1.67. The summed E-state index contributed by atoms with van der Waals surface area (Å²) in [7, 11) is -1.05. The number of carbonyl (C=O) groups is 2. The molecule has 0 saturated carbocycles. The Labute approximate surface area is 516 Å². The minimum absolute atomic E-state index is 0.00976. The fourth-order valence-electron chi connectivity index (χ4n) is 10.6. The van der Waals surface area contributed by atoms with Gasteiger partial charge in [0.05, 0.1) is 52.3 Å². The molecule has 0 radical (unpaired) electrons. The first-order valence-electron chi connectivity index (χ1n) is 27.0. The SMILES string of the molecule is COc1cccc(CN2C(=O)CS(=O)(=O)C2c2cccc(OC(F)(F)F)c2)c1OC.COc1cccc(CN2C(=O)CS(=O)C2c2cccc(OC(F)(F)F)c2)c1OC.O=S1CCN(CC(c2ccccc2)c2ccccc2)C1c1cccc(OC(F)(F)F)c1. The van der Waals surface area contributed by atoms with Crippen molar-refractivity contribution >= 4 is 43.3 Å². The highest BCUT2D eigenvalue weighted by atomic mass is 32.2. The van der Waals surface area contributed by atoms with Crippen molar-refractivity contribution in [2.24, 2.45) is 0 Å². The number of ether oxygens (including phenoxy) is 7. The summed E-state index contributed by atoms with van der Waals surface area (Å²) in [5, 5.41) is -2.85. The Morgan fingerprint density at radius 3 is 1.37 bits per heavy atom. The number of para-hydroxylation sites is 2. The van der Waals surface area contributed by atoms with E-state index in [1.807, 2.05) is 36.4 Å². The third-order valence-electron chi connectivity index (χ3n) is 14.1. The molecule has 0 aromatic heterocycles. The summed E-state index contributed by atoms with van der Waals surface area (Å²) < 4.78 is 197. The van der Waals surface area contributed by atoms with Crippen LogP contribution in [-0.4, -0.2) is 121 Å². The van der Waals surface area contributed by atoms with Crippen molar-refractivity contribution in [3.8, 4) is 40.2 Å². The van der Waals surface area contributed by atoms with Crippen LogP contribution in [-0.2, 0) is 54.1 Å². The van der Waals surface area contributed by atoms with E-state index in [0.717, 1.165) is 40.3 Å². The summed E-state index contributed by atoms with van der Waals surface area (Å²) >= 11 is 0. The van der Waals surface area contributed by atoms with Crippen LogP contribution in [0.2, 0.25) is 0 Å². The lowest BCUT2D eigenvalue weighted by atomic mass is 9.90. The molecular formula is C62H58F9N3O13S3. The van der Waals surface area contributed by atoms with E-state index in [2.05, 4.69) is 43.4 Å². The van der Waals surface area contributed by atoms with Crippen molar-refractivity contribution in [1.29, 1.82) is 0 Å². The number of nitrogens with zero attached hydrogens (tertiary/aromatic N) is 3. The molecule has 90 heavy (non-hydrogen) atoms. The molecule has 7 aromatic carbocycles. The van der Waals surface area contributed by atoms with Gasteiger partial charge in [0, 0.05) is 46.7 Å².